The minimum absolute atomic E-state index is 0.309. The second-order valence-corrected chi connectivity index (χ2v) is 2.92. The first kappa shape index (κ1) is 8.83. The number of carbonyl (C=O) groups excluding carboxylic acids is 1. The Kier molecular flexibility index (Phi) is 2.01. The molecule has 0 radical (unpaired) electrons. The highest BCUT2D eigenvalue weighted by Crippen LogP contribution is 2.18. The van der Waals surface area contributed by atoms with E-state index in [2.05, 4.69) is 5.10 Å². The summed E-state index contributed by atoms with van der Waals surface area (Å²) < 4.78 is 12.6. The predicted molar refractivity (Wildman–Crippen MR) is 50.4 cm³/mol. The Morgan fingerprint density at radius 1 is 1.36 bits per heavy atom. The van der Waals surface area contributed by atoms with Gasteiger partial charge in [-0.3, -0.25) is 4.79 Å². The highest BCUT2D eigenvalue weighted by Gasteiger charge is 2.26. The number of rotatable bonds is 1. The van der Waals surface area contributed by atoms with Crippen LogP contribution in [-0.4, -0.2) is 18.2 Å². The molecule has 2 rings (SSSR count). The van der Waals surface area contributed by atoms with Crippen molar-refractivity contribution in [1.82, 2.24) is 0 Å². The minimum atomic E-state index is -0.694. The zero-order valence-electron chi connectivity index (χ0n) is 7.22. The average Bonchev–Trinajstić information content (AvgIpc) is 2.50. The van der Waals surface area contributed by atoms with E-state index in [0.717, 1.165) is 5.01 Å². The first-order valence-electron chi connectivity index (χ1n) is 4.08. The van der Waals surface area contributed by atoms with Gasteiger partial charge in [0.15, 0.2) is 0 Å². The van der Waals surface area contributed by atoms with E-state index >= 15 is 0 Å². The van der Waals surface area contributed by atoms with Gasteiger partial charge in [0, 0.05) is 0 Å². The molecule has 1 heterocycles. The highest BCUT2D eigenvalue weighted by atomic mass is 19.1. The molecule has 0 aliphatic carbocycles. The maximum atomic E-state index is 12.6. The molecule has 14 heavy (non-hydrogen) atoms. The van der Waals surface area contributed by atoms with E-state index in [4.69, 9.17) is 5.73 Å². The lowest BCUT2D eigenvalue weighted by Gasteiger charge is -2.12. The molecule has 0 aromatic heterocycles. The number of hydrazone groups is 1. The summed E-state index contributed by atoms with van der Waals surface area (Å²) in [7, 11) is 0. The van der Waals surface area contributed by atoms with Crippen molar-refractivity contribution < 1.29 is 9.18 Å². The van der Waals surface area contributed by atoms with Crippen LogP contribution in [0.2, 0.25) is 0 Å². The number of hydrogen-bond donors (Lipinski definition) is 1. The second-order valence-electron chi connectivity index (χ2n) is 2.92. The number of anilines is 1. The molecule has 5 heteroatoms. The monoisotopic (exact) mass is 193 g/mol. The van der Waals surface area contributed by atoms with Crippen molar-refractivity contribution in [2.45, 2.75) is 6.04 Å². The SMILES string of the molecule is NC1C=NN(c2ccc(F)cc2)C1=O. The zero-order valence-corrected chi connectivity index (χ0v) is 7.22. The molecule has 1 unspecified atom stereocenters. The van der Waals surface area contributed by atoms with Gasteiger partial charge in [0.05, 0.1) is 11.9 Å². The maximum absolute atomic E-state index is 12.6. The minimum Gasteiger partial charge on any atom is -0.315 e. The summed E-state index contributed by atoms with van der Waals surface area (Å²) in [4.78, 5) is 11.4. The molecule has 1 aromatic carbocycles. The standard InChI is InChI=1S/C9H8FN3O/c10-6-1-3-7(4-2-6)13-9(14)8(11)5-12-13/h1-5,8H,11H2. The molecule has 0 bridgehead atoms. The second kappa shape index (κ2) is 3.19. The average molecular weight is 193 g/mol. The van der Waals surface area contributed by atoms with Crippen LogP contribution in [0.25, 0.3) is 0 Å². The normalized spacial score (nSPS) is 20.6. The van der Waals surface area contributed by atoms with Crippen LogP contribution in [0.1, 0.15) is 0 Å². The first-order valence-corrected chi connectivity index (χ1v) is 4.08. The van der Waals surface area contributed by atoms with Gasteiger partial charge in [-0.25, -0.2) is 4.39 Å². The van der Waals surface area contributed by atoms with Crippen molar-refractivity contribution >= 4 is 17.8 Å². The van der Waals surface area contributed by atoms with Gasteiger partial charge in [-0.1, -0.05) is 0 Å². The number of nitrogens with zero attached hydrogens (tertiary/aromatic N) is 2. The maximum Gasteiger partial charge on any atom is 0.269 e. The van der Waals surface area contributed by atoms with Gasteiger partial charge in [-0.2, -0.15) is 10.1 Å². The molecule has 1 aromatic rings. The Morgan fingerprint density at radius 2 is 2.00 bits per heavy atom. The van der Waals surface area contributed by atoms with Gasteiger partial charge in [0.25, 0.3) is 5.91 Å². The fraction of sp³-hybridized carbons (Fsp3) is 0.111. The molecule has 1 atom stereocenters. The smallest absolute Gasteiger partial charge is 0.269 e. The van der Waals surface area contributed by atoms with Crippen molar-refractivity contribution in [2.75, 3.05) is 5.01 Å². The van der Waals surface area contributed by atoms with Crippen LogP contribution in [0.4, 0.5) is 10.1 Å². The molecule has 2 N–H and O–H groups in total. The van der Waals surface area contributed by atoms with Crippen molar-refractivity contribution in [3.8, 4) is 0 Å². The van der Waals surface area contributed by atoms with Crippen LogP contribution < -0.4 is 10.7 Å². The number of benzene rings is 1. The van der Waals surface area contributed by atoms with Crippen LogP contribution in [0.3, 0.4) is 0 Å². The van der Waals surface area contributed by atoms with Crippen LogP contribution >= 0.6 is 0 Å². The van der Waals surface area contributed by atoms with Gasteiger partial charge in [-0.15, -0.1) is 0 Å². The molecule has 4 nitrogen and oxygen atoms in total. The lowest BCUT2D eigenvalue weighted by atomic mass is 10.3. The molecular weight excluding hydrogens is 185 g/mol. The van der Waals surface area contributed by atoms with Gasteiger partial charge < -0.3 is 5.73 Å². The van der Waals surface area contributed by atoms with Crippen LogP contribution in [0.5, 0.6) is 0 Å². The number of nitrogens with two attached hydrogens (primary N) is 1. The van der Waals surface area contributed by atoms with Gasteiger partial charge in [0.1, 0.15) is 11.9 Å². The molecule has 0 saturated carbocycles. The lowest BCUT2D eigenvalue weighted by molar-refractivity contribution is -0.117. The molecule has 0 fully saturated rings. The van der Waals surface area contributed by atoms with E-state index in [1.54, 1.807) is 0 Å². The lowest BCUT2D eigenvalue weighted by Crippen LogP contribution is -2.35. The summed E-state index contributed by atoms with van der Waals surface area (Å²) in [5.41, 5.74) is 5.94. The Morgan fingerprint density at radius 3 is 2.50 bits per heavy atom. The van der Waals surface area contributed by atoms with E-state index in [0.29, 0.717) is 5.69 Å². The van der Waals surface area contributed by atoms with Crippen molar-refractivity contribution in [2.24, 2.45) is 10.8 Å². The highest BCUT2D eigenvalue weighted by molar-refractivity contribution is 6.10. The molecule has 0 spiro atoms. The Balaban J connectivity index is 2.29. The van der Waals surface area contributed by atoms with Crippen LogP contribution in [0, 0.1) is 5.82 Å². The third-order valence-corrected chi connectivity index (χ3v) is 1.91. The summed E-state index contributed by atoms with van der Waals surface area (Å²) in [6.45, 7) is 0. The molecule has 1 aliphatic rings. The van der Waals surface area contributed by atoms with Crippen LogP contribution in [-0.2, 0) is 4.79 Å². The fourth-order valence-electron chi connectivity index (χ4n) is 1.18. The van der Waals surface area contributed by atoms with E-state index in [1.807, 2.05) is 0 Å². The topological polar surface area (TPSA) is 58.7 Å². The van der Waals surface area contributed by atoms with E-state index in [1.165, 1.54) is 30.5 Å². The van der Waals surface area contributed by atoms with E-state index < -0.39 is 6.04 Å². The molecular formula is C9H8FN3O. The predicted octanol–water partition coefficient (Wildman–Crippen LogP) is 0.485. The summed E-state index contributed by atoms with van der Waals surface area (Å²) in [5.74, 6) is -0.662. The van der Waals surface area contributed by atoms with Crippen molar-refractivity contribution in [3.63, 3.8) is 0 Å². The van der Waals surface area contributed by atoms with Crippen LogP contribution in [0.15, 0.2) is 29.4 Å². The Bertz CT molecular complexity index is 388. The summed E-state index contributed by atoms with van der Waals surface area (Å²) in [6, 6.07) is 4.79. The molecule has 72 valence electrons. The van der Waals surface area contributed by atoms with Crippen molar-refractivity contribution in [1.29, 1.82) is 0 Å². The van der Waals surface area contributed by atoms with Gasteiger partial charge in [-0.05, 0) is 24.3 Å². The third-order valence-electron chi connectivity index (χ3n) is 1.91. The zero-order chi connectivity index (χ0) is 10.1. The number of amides is 1. The molecule has 0 saturated heterocycles. The summed E-state index contributed by atoms with van der Waals surface area (Å²) in [5, 5.41) is 4.97. The van der Waals surface area contributed by atoms with E-state index in [-0.39, 0.29) is 11.7 Å². The first-order chi connectivity index (χ1) is 6.68. The van der Waals surface area contributed by atoms with Gasteiger partial charge in [0.2, 0.25) is 0 Å². The summed E-state index contributed by atoms with van der Waals surface area (Å²) >= 11 is 0. The largest absolute Gasteiger partial charge is 0.315 e. The number of halogens is 1. The number of carbonyl (C=O) groups is 1. The fourth-order valence-corrected chi connectivity index (χ4v) is 1.18. The Labute approximate surface area is 79.8 Å². The van der Waals surface area contributed by atoms with E-state index in [9.17, 15) is 9.18 Å². The quantitative estimate of drug-likeness (QED) is 0.705. The molecule has 1 amide bonds. The van der Waals surface area contributed by atoms with Crippen molar-refractivity contribution in [3.05, 3.63) is 30.1 Å². The molecule has 1 aliphatic heterocycles. The van der Waals surface area contributed by atoms with Gasteiger partial charge >= 0.3 is 0 Å². The number of hydrogen-bond acceptors (Lipinski definition) is 3. The Hall–Kier alpha value is -1.75. The third kappa shape index (κ3) is 1.38. The summed E-state index contributed by atoms with van der Waals surface area (Å²) in [6.07, 6.45) is 1.35.